The van der Waals surface area contributed by atoms with Gasteiger partial charge in [0, 0.05) is 49.5 Å². The molecule has 43 heavy (non-hydrogen) atoms. The molecule has 226 valence electrons. The number of fused-ring (bicyclic) bond motifs is 2. The molecule has 0 bridgehead atoms. The van der Waals surface area contributed by atoms with Crippen LogP contribution < -0.4 is 0 Å². The monoisotopic (exact) mass is 646 g/mol. The van der Waals surface area contributed by atoms with E-state index in [2.05, 4.69) is 71.3 Å². The summed E-state index contributed by atoms with van der Waals surface area (Å²) in [4.78, 5) is 39.8. The highest BCUT2D eigenvalue weighted by Gasteiger charge is 2.52. The number of esters is 1. The molecule has 4 aliphatic rings. The Hall–Kier alpha value is -3.46. The number of aryl methyl sites for hydroxylation is 2. The Morgan fingerprint density at radius 2 is 1.44 bits per heavy atom. The zero-order valence-electron chi connectivity index (χ0n) is 25.1. The molecule has 0 spiro atoms. The van der Waals surface area contributed by atoms with Crippen molar-refractivity contribution in [3.05, 3.63) is 87.7 Å². The number of nitrogens with zero attached hydrogens (tertiary/aromatic N) is 4. The maximum absolute atomic E-state index is 12.2. The molecule has 2 saturated heterocycles. The van der Waals surface area contributed by atoms with Crippen molar-refractivity contribution in [1.82, 2.24) is 19.6 Å². The van der Waals surface area contributed by atoms with E-state index in [1.54, 1.807) is 17.8 Å². The zero-order chi connectivity index (χ0) is 30.2. The van der Waals surface area contributed by atoms with Crippen LogP contribution in [0.2, 0.25) is 0 Å². The summed E-state index contributed by atoms with van der Waals surface area (Å²) >= 11 is 3.46. The number of benzene rings is 2. The van der Waals surface area contributed by atoms with Gasteiger partial charge in [-0.05, 0) is 78.8 Å². The second-order valence-corrected chi connectivity index (χ2v) is 13.0. The molecule has 8 nitrogen and oxygen atoms in total. The molecule has 3 aromatic rings. The minimum atomic E-state index is -0.349. The first-order valence-corrected chi connectivity index (χ1v) is 16.4. The highest BCUT2D eigenvalue weighted by molar-refractivity contribution is 9.08. The lowest BCUT2D eigenvalue weighted by molar-refractivity contribution is -0.131. The Labute approximate surface area is 261 Å². The summed E-state index contributed by atoms with van der Waals surface area (Å²) < 4.78 is 6.72. The Kier molecular flexibility index (Phi) is 8.45. The van der Waals surface area contributed by atoms with Gasteiger partial charge in [0.05, 0.1) is 24.9 Å². The molecule has 4 unspecified atom stereocenters. The Morgan fingerprint density at radius 1 is 0.884 bits per heavy atom. The lowest BCUT2D eigenvalue weighted by atomic mass is 10.0. The standard InChI is InChI=1S/C20H23N3O3.C14H16BrNO/c1-3-26-20(25)17-8-21-23(12-17)9-14-4-5-15(13(2)6-14)10-22-11-16-7-18(16)19(22)24;1-9-4-10(6-15)2-3-11(9)7-16-8-12-5-13(12)14(16)17/h4-6,8,12,16,18H,3,7,9-11H2,1-2H3;2-4,12-13H,5-8H2,1H3. The van der Waals surface area contributed by atoms with E-state index in [1.807, 2.05) is 9.80 Å². The number of likely N-dealkylation sites (tertiary alicyclic amines) is 2. The molecule has 9 heteroatoms. The normalized spacial score (nSPS) is 23.1. The van der Waals surface area contributed by atoms with Gasteiger partial charge in [-0.3, -0.25) is 14.3 Å². The van der Waals surface area contributed by atoms with Crippen LogP contribution in [0.15, 0.2) is 48.8 Å². The van der Waals surface area contributed by atoms with Crippen LogP contribution in [0.25, 0.3) is 0 Å². The maximum Gasteiger partial charge on any atom is 0.341 e. The number of alkyl halides is 1. The van der Waals surface area contributed by atoms with Crippen LogP contribution in [0.1, 0.15) is 63.5 Å². The fraction of sp³-hybridized carbons (Fsp3) is 0.471. The first-order valence-electron chi connectivity index (χ1n) is 15.2. The van der Waals surface area contributed by atoms with Gasteiger partial charge in [0.15, 0.2) is 0 Å². The summed E-state index contributed by atoms with van der Waals surface area (Å²) in [5.41, 5.74) is 7.80. The van der Waals surface area contributed by atoms with Crippen LogP contribution in [0, 0.1) is 37.5 Å². The van der Waals surface area contributed by atoms with Crippen LogP contribution in [0.5, 0.6) is 0 Å². The molecule has 1 aromatic heterocycles. The lowest BCUT2D eigenvalue weighted by Crippen LogP contribution is -2.28. The molecule has 2 saturated carbocycles. The van der Waals surface area contributed by atoms with E-state index in [0.29, 0.717) is 60.7 Å². The predicted octanol–water partition coefficient (Wildman–Crippen LogP) is 5.26. The van der Waals surface area contributed by atoms with Crippen molar-refractivity contribution in [2.75, 3.05) is 19.7 Å². The van der Waals surface area contributed by atoms with Gasteiger partial charge in [0.25, 0.3) is 0 Å². The maximum atomic E-state index is 12.2. The highest BCUT2D eigenvalue weighted by Crippen LogP contribution is 2.47. The average Bonchev–Trinajstić information content (AvgIpc) is 3.83. The van der Waals surface area contributed by atoms with Crippen molar-refractivity contribution in [2.45, 2.75) is 58.6 Å². The van der Waals surface area contributed by atoms with Crippen molar-refractivity contribution < 1.29 is 19.1 Å². The largest absolute Gasteiger partial charge is 0.462 e. The predicted molar refractivity (Wildman–Crippen MR) is 166 cm³/mol. The molecular weight excluding hydrogens is 608 g/mol. The lowest BCUT2D eigenvalue weighted by Gasteiger charge is -2.20. The van der Waals surface area contributed by atoms with Crippen LogP contribution in [-0.4, -0.2) is 57.1 Å². The minimum absolute atomic E-state index is 0.308. The van der Waals surface area contributed by atoms with Crippen molar-refractivity contribution in [1.29, 1.82) is 0 Å². The van der Waals surface area contributed by atoms with Gasteiger partial charge in [0.2, 0.25) is 11.8 Å². The zero-order valence-corrected chi connectivity index (χ0v) is 26.7. The molecule has 4 fully saturated rings. The number of ether oxygens (including phenoxy) is 1. The van der Waals surface area contributed by atoms with Crippen LogP contribution >= 0.6 is 15.9 Å². The van der Waals surface area contributed by atoms with E-state index >= 15 is 0 Å². The molecule has 0 radical (unpaired) electrons. The average molecular weight is 648 g/mol. The van der Waals surface area contributed by atoms with Crippen molar-refractivity contribution in [3.63, 3.8) is 0 Å². The summed E-state index contributed by atoms with van der Waals surface area (Å²) in [6, 6.07) is 12.8. The number of aromatic nitrogens is 2. The molecule has 7 rings (SSSR count). The molecule has 4 atom stereocenters. The number of piperidine rings is 2. The van der Waals surface area contributed by atoms with Gasteiger partial charge >= 0.3 is 5.97 Å². The van der Waals surface area contributed by atoms with Gasteiger partial charge in [-0.2, -0.15) is 5.10 Å². The van der Waals surface area contributed by atoms with Crippen LogP contribution in [0.4, 0.5) is 0 Å². The minimum Gasteiger partial charge on any atom is -0.462 e. The summed E-state index contributed by atoms with van der Waals surface area (Å²) in [5.74, 6) is 2.30. The topological polar surface area (TPSA) is 84.7 Å². The van der Waals surface area contributed by atoms with Gasteiger partial charge in [-0.1, -0.05) is 52.3 Å². The number of hydrogen-bond acceptors (Lipinski definition) is 5. The number of rotatable bonds is 9. The Bertz CT molecular complexity index is 1550. The number of carbonyl (C=O) groups is 3. The van der Waals surface area contributed by atoms with Gasteiger partial charge in [0.1, 0.15) is 0 Å². The number of amides is 2. The third-order valence-electron chi connectivity index (χ3n) is 9.19. The van der Waals surface area contributed by atoms with Crippen molar-refractivity contribution in [3.8, 4) is 0 Å². The van der Waals surface area contributed by atoms with E-state index in [1.165, 1.54) is 34.0 Å². The Morgan fingerprint density at radius 3 is 1.93 bits per heavy atom. The molecule has 2 aliphatic heterocycles. The van der Waals surface area contributed by atoms with Crippen molar-refractivity contribution in [2.24, 2.45) is 23.7 Å². The first-order chi connectivity index (χ1) is 20.7. The van der Waals surface area contributed by atoms with Gasteiger partial charge in [-0.15, -0.1) is 0 Å². The second kappa shape index (κ2) is 12.3. The molecule has 0 N–H and O–H groups in total. The molecule has 3 heterocycles. The van der Waals surface area contributed by atoms with E-state index < -0.39 is 0 Å². The molecule has 2 aromatic carbocycles. The number of hydrogen-bond donors (Lipinski definition) is 0. The summed E-state index contributed by atoms with van der Waals surface area (Å²) in [7, 11) is 0. The number of carbonyl (C=O) groups excluding carboxylic acids is 3. The highest BCUT2D eigenvalue weighted by atomic mass is 79.9. The third kappa shape index (κ3) is 6.56. The summed E-state index contributed by atoms with van der Waals surface area (Å²) in [6.45, 7) is 10.3. The van der Waals surface area contributed by atoms with E-state index in [9.17, 15) is 14.4 Å². The smallest absolute Gasteiger partial charge is 0.341 e. The first kappa shape index (κ1) is 29.6. The summed E-state index contributed by atoms with van der Waals surface area (Å²) in [6.07, 6.45) is 5.46. The fourth-order valence-corrected chi connectivity index (χ4v) is 6.77. The molecule has 2 amide bonds. The quantitative estimate of drug-likeness (QED) is 0.234. The van der Waals surface area contributed by atoms with Crippen LogP contribution in [0.3, 0.4) is 0 Å². The summed E-state index contributed by atoms with van der Waals surface area (Å²) in [5, 5.41) is 5.13. The van der Waals surface area contributed by atoms with E-state index in [4.69, 9.17) is 4.74 Å². The van der Waals surface area contributed by atoms with Crippen LogP contribution in [-0.2, 0) is 39.3 Å². The fourth-order valence-electron chi connectivity index (χ4n) is 6.42. The van der Waals surface area contributed by atoms with Gasteiger partial charge in [-0.25, -0.2) is 4.79 Å². The Balaban J connectivity index is 0.000000167. The third-order valence-corrected chi connectivity index (χ3v) is 9.84. The number of halogens is 1. The van der Waals surface area contributed by atoms with E-state index in [0.717, 1.165) is 43.4 Å². The van der Waals surface area contributed by atoms with Crippen molar-refractivity contribution >= 4 is 33.7 Å². The van der Waals surface area contributed by atoms with Gasteiger partial charge < -0.3 is 14.5 Å². The molecule has 2 aliphatic carbocycles. The molecular formula is C34H39BrN4O4. The SMILES string of the molecule is CCOC(=O)c1cnn(Cc2ccc(CN3CC4CC4C3=O)c(C)c2)c1.Cc1cc(CBr)ccc1CN1CC2CC2C1=O. The van der Waals surface area contributed by atoms with E-state index in [-0.39, 0.29) is 5.97 Å². The second-order valence-electron chi connectivity index (χ2n) is 12.4.